The van der Waals surface area contributed by atoms with Gasteiger partial charge in [-0.05, 0) is 105 Å². The van der Waals surface area contributed by atoms with Crippen LogP contribution in [0.5, 0.6) is 28.7 Å². The van der Waals surface area contributed by atoms with E-state index in [1.165, 1.54) is 29.2 Å². The number of rotatable bonds is 20. The number of non-ortho nitro benzene ring substituents is 1. The van der Waals surface area contributed by atoms with Crippen molar-refractivity contribution in [3.8, 4) is 28.7 Å². The molecule has 2 heterocycles. The zero-order valence-corrected chi connectivity index (χ0v) is 36.1. The molecule has 17 heteroatoms. The first kappa shape index (κ1) is 45.8. The van der Waals surface area contributed by atoms with Crippen molar-refractivity contribution in [1.82, 2.24) is 10.2 Å². The van der Waals surface area contributed by atoms with Gasteiger partial charge in [0.15, 0.2) is 11.5 Å². The lowest BCUT2D eigenvalue weighted by atomic mass is 9.55. The summed E-state index contributed by atoms with van der Waals surface area (Å²) < 4.78 is 37.5. The van der Waals surface area contributed by atoms with E-state index in [0.717, 1.165) is 24.0 Å². The number of hydrogen-bond acceptors (Lipinski definition) is 14. The van der Waals surface area contributed by atoms with Gasteiger partial charge in [0, 0.05) is 56.3 Å². The van der Waals surface area contributed by atoms with E-state index in [9.17, 15) is 25.1 Å². The molecule has 17 nitrogen and oxygen atoms in total. The van der Waals surface area contributed by atoms with E-state index in [4.69, 9.17) is 38.4 Å². The van der Waals surface area contributed by atoms with Gasteiger partial charge in [-0.25, -0.2) is 9.59 Å². The molecule has 0 radical (unpaired) electrons. The molecule has 0 spiro atoms. The fraction of sp³-hybridized carbons (Fsp3) is 0.468. The summed E-state index contributed by atoms with van der Waals surface area (Å²) in [5.74, 6) is -0.902. The first-order valence-electron chi connectivity index (χ1n) is 21.9. The molecule has 0 bridgehead atoms. The van der Waals surface area contributed by atoms with Gasteiger partial charge in [-0.2, -0.15) is 0 Å². The second kappa shape index (κ2) is 21.0. The number of nitrogens with zero attached hydrogens (tertiary/aromatic N) is 3. The SMILES string of the molecule is C=CCOC12Oc3ccc(OC(=O)NCC)cc3C3C(CCCCO)C(CCCCO)C=C(C(=NOCC)CC1N(Cc1ccc4c(c1)OCO4)C(=O)Oc1ccc([N+](=O)[O-])cc1)C32. The average molecular weight is 885 g/mol. The molecule has 342 valence electrons. The highest BCUT2D eigenvalue weighted by molar-refractivity contribution is 6.03. The molecule has 4 aliphatic rings. The Bertz CT molecular complexity index is 2210. The van der Waals surface area contributed by atoms with Crippen molar-refractivity contribution < 1.29 is 58.0 Å². The Kier molecular flexibility index (Phi) is 15.0. The van der Waals surface area contributed by atoms with Gasteiger partial charge in [-0.15, -0.1) is 6.58 Å². The van der Waals surface area contributed by atoms with Crippen LogP contribution in [0.15, 0.2) is 90.1 Å². The van der Waals surface area contributed by atoms with Gasteiger partial charge in [-0.3, -0.25) is 15.0 Å². The molecule has 1 saturated carbocycles. The number of fused-ring (bicyclic) bond motifs is 3. The van der Waals surface area contributed by atoms with Crippen LogP contribution in [0.2, 0.25) is 0 Å². The standard InChI is InChI=1S/C47H56N4O13/c1-4-23-60-47-42(50(28-30-13-19-40-41(24-30)59-29-58-40)46(55)63-33-16-14-32(15-17-33)51(56)57)27-38(49-61-6-3)36-25-31(11-7-9-21-52)35(12-8-10-22-53)43(44(36)47)37-26-34(18-20-39(37)64-47)62-45(54)48-5-2/h4,13-20,24-26,31,35,42-44,52-53H,1,5-12,21-23,27-29H2,2-3H3,(H,48,54). The van der Waals surface area contributed by atoms with Crippen molar-refractivity contribution in [2.24, 2.45) is 22.9 Å². The summed E-state index contributed by atoms with van der Waals surface area (Å²) in [5, 5.41) is 38.7. The van der Waals surface area contributed by atoms with Crippen LogP contribution in [-0.2, 0) is 16.1 Å². The zero-order chi connectivity index (χ0) is 45.2. The lowest BCUT2D eigenvalue weighted by molar-refractivity contribution is -0.384. The fourth-order valence-corrected chi connectivity index (χ4v) is 9.48. The number of allylic oxidation sites excluding steroid dienone is 1. The number of nitro benzene ring substituents is 1. The maximum atomic E-state index is 15.0. The van der Waals surface area contributed by atoms with Crippen molar-refractivity contribution in [2.75, 3.05) is 39.8 Å². The van der Waals surface area contributed by atoms with Crippen LogP contribution in [-0.4, -0.2) is 89.5 Å². The number of nitro groups is 1. The van der Waals surface area contributed by atoms with E-state index >= 15 is 4.79 Å². The van der Waals surface area contributed by atoms with Crippen molar-refractivity contribution in [3.63, 3.8) is 0 Å². The smallest absolute Gasteiger partial charge is 0.416 e. The normalized spacial score (nSPS) is 23.2. The van der Waals surface area contributed by atoms with Crippen LogP contribution in [0.1, 0.15) is 75.8 Å². The van der Waals surface area contributed by atoms with Gasteiger partial charge >= 0.3 is 12.2 Å². The Morgan fingerprint density at radius 2 is 1.70 bits per heavy atom. The van der Waals surface area contributed by atoms with Crippen LogP contribution in [0.25, 0.3) is 0 Å². The number of aliphatic hydroxyl groups excluding tert-OH is 2. The molecule has 3 aromatic rings. The van der Waals surface area contributed by atoms with Gasteiger partial charge in [-0.1, -0.05) is 36.2 Å². The summed E-state index contributed by atoms with van der Waals surface area (Å²) in [4.78, 5) is 46.1. The van der Waals surface area contributed by atoms with E-state index in [2.05, 4.69) is 18.0 Å². The van der Waals surface area contributed by atoms with E-state index in [1.54, 1.807) is 37.3 Å². The third-order valence-electron chi connectivity index (χ3n) is 12.1. The van der Waals surface area contributed by atoms with Crippen LogP contribution >= 0.6 is 0 Å². The number of ether oxygens (including phenoxy) is 6. The third-order valence-corrected chi connectivity index (χ3v) is 12.1. The number of oxime groups is 1. The first-order chi connectivity index (χ1) is 31.1. The van der Waals surface area contributed by atoms with E-state index < -0.39 is 40.8 Å². The number of nitrogens with one attached hydrogen (secondary N) is 1. The summed E-state index contributed by atoms with van der Waals surface area (Å²) in [5.41, 5.74) is 2.66. The second-order valence-corrected chi connectivity index (χ2v) is 16.0. The van der Waals surface area contributed by atoms with Crippen LogP contribution in [0.4, 0.5) is 15.3 Å². The maximum absolute atomic E-state index is 15.0. The summed E-state index contributed by atoms with van der Waals surface area (Å²) in [6, 6.07) is 14.9. The molecule has 0 saturated heterocycles. The molecule has 64 heavy (non-hydrogen) atoms. The molecule has 2 aliphatic carbocycles. The predicted octanol–water partition coefficient (Wildman–Crippen LogP) is 7.79. The second-order valence-electron chi connectivity index (χ2n) is 16.0. The molecule has 6 unspecified atom stereocenters. The van der Waals surface area contributed by atoms with Crippen molar-refractivity contribution in [3.05, 3.63) is 106 Å². The van der Waals surface area contributed by atoms with E-state index in [0.29, 0.717) is 66.5 Å². The Morgan fingerprint density at radius 1 is 0.969 bits per heavy atom. The highest BCUT2D eigenvalue weighted by atomic mass is 16.7. The summed E-state index contributed by atoms with van der Waals surface area (Å²) in [6.07, 6.45) is 6.60. The van der Waals surface area contributed by atoms with Crippen LogP contribution < -0.4 is 29.0 Å². The van der Waals surface area contributed by atoms with Gasteiger partial charge in [0.2, 0.25) is 12.6 Å². The number of unbranched alkanes of at least 4 members (excludes halogenated alkanes) is 2. The lowest BCUT2D eigenvalue weighted by Crippen LogP contribution is -2.70. The quantitative estimate of drug-likeness (QED) is 0.0429. The minimum Gasteiger partial charge on any atom is -0.459 e. The fourth-order valence-electron chi connectivity index (χ4n) is 9.48. The number of carbonyl (C=O) groups excluding carboxylic acids is 2. The van der Waals surface area contributed by atoms with Crippen LogP contribution in [0, 0.1) is 27.9 Å². The molecule has 1 fully saturated rings. The highest BCUT2D eigenvalue weighted by Crippen LogP contribution is 2.62. The molecule has 7 rings (SSSR count). The van der Waals surface area contributed by atoms with Gasteiger partial charge in [0.25, 0.3) is 5.69 Å². The molecular formula is C47H56N4O13. The molecule has 0 aromatic heterocycles. The number of carbonyl (C=O) groups is 2. The minimum absolute atomic E-state index is 0.0169. The van der Waals surface area contributed by atoms with Crippen molar-refractivity contribution in [1.29, 1.82) is 0 Å². The van der Waals surface area contributed by atoms with Crippen molar-refractivity contribution >= 4 is 23.6 Å². The van der Waals surface area contributed by atoms with Gasteiger partial charge in [0.05, 0.1) is 23.2 Å². The predicted molar refractivity (Wildman–Crippen MR) is 234 cm³/mol. The molecular weight excluding hydrogens is 829 g/mol. The minimum atomic E-state index is -1.64. The largest absolute Gasteiger partial charge is 0.459 e. The highest BCUT2D eigenvalue weighted by Gasteiger charge is 2.66. The van der Waals surface area contributed by atoms with Gasteiger partial charge < -0.3 is 48.8 Å². The third kappa shape index (κ3) is 9.81. The maximum Gasteiger partial charge on any atom is 0.416 e. The first-order valence-corrected chi connectivity index (χ1v) is 21.9. The molecule has 3 aromatic carbocycles. The average Bonchev–Trinajstić information content (AvgIpc) is 3.76. The number of amides is 2. The summed E-state index contributed by atoms with van der Waals surface area (Å²) in [7, 11) is 0. The Hall–Kier alpha value is -6.17. The number of benzene rings is 3. The Balaban J connectivity index is 1.44. The summed E-state index contributed by atoms with van der Waals surface area (Å²) in [6.45, 7) is 8.35. The lowest BCUT2D eigenvalue weighted by Gasteiger charge is -2.59. The Labute approximate surface area is 371 Å². The van der Waals surface area contributed by atoms with E-state index in [1.807, 2.05) is 19.1 Å². The van der Waals surface area contributed by atoms with E-state index in [-0.39, 0.29) is 69.5 Å². The molecule has 2 amide bonds. The summed E-state index contributed by atoms with van der Waals surface area (Å²) >= 11 is 0. The molecule has 2 aliphatic heterocycles. The van der Waals surface area contributed by atoms with Gasteiger partial charge in [0.1, 0.15) is 29.9 Å². The monoisotopic (exact) mass is 884 g/mol. The number of aliphatic hydroxyl groups is 2. The van der Waals surface area contributed by atoms with Crippen LogP contribution in [0.3, 0.4) is 0 Å². The van der Waals surface area contributed by atoms with Crippen molar-refractivity contribution in [2.45, 2.75) is 83.1 Å². The number of hydrogen-bond donors (Lipinski definition) is 3. The zero-order valence-electron chi connectivity index (χ0n) is 36.1. The molecule has 3 N–H and O–H groups in total. The Morgan fingerprint density at radius 3 is 2.42 bits per heavy atom. The molecule has 6 atom stereocenters. The topological polar surface area (TPSA) is 210 Å².